The largest absolute Gasteiger partial charge is 0.456 e. The maximum atomic E-state index is 12.7. The lowest BCUT2D eigenvalue weighted by Crippen LogP contribution is -2.39. The summed E-state index contributed by atoms with van der Waals surface area (Å²) >= 11 is 0. The molecule has 2 heterocycles. The zero-order valence-electron chi connectivity index (χ0n) is 16.0. The number of anilines is 2. The Bertz CT molecular complexity index is 1090. The molecule has 1 amide bonds. The van der Waals surface area contributed by atoms with Crippen molar-refractivity contribution in [3.8, 4) is 0 Å². The van der Waals surface area contributed by atoms with Crippen LogP contribution in [0.4, 0.5) is 11.4 Å². The van der Waals surface area contributed by atoms with Crippen LogP contribution in [0.25, 0.3) is 21.9 Å². The van der Waals surface area contributed by atoms with Gasteiger partial charge in [0.15, 0.2) is 0 Å². The summed E-state index contributed by atoms with van der Waals surface area (Å²) in [4.78, 5) is 27.4. The fraction of sp³-hybridized carbons (Fsp3) is 0.364. The van der Waals surface area contributed by atoms with E-state index in [2.05, 4.69) is 17.1 Å². The Morgan fingerprint density at radius 2 is 2.04 bits per heavy atom. The molecule has 1 atom stereocenters. The highest BCUT2D eigenvalue weighted by Gasteiger charge is 2.18. The van der Waals surface area contributed by atoms with E-state index in [4.69, 9.17) is 10.2 Å². The molecule has 3 aromatic rings. The van der Waals surface area contributed by atoms with Gasteiger partial charge in [-0.05, 0) is 56.6 Å². The number of carbonyl (C=O) groups is 1. The molecule has 0 saturated carbocycles. The van der Waals surface area contributed by atoms with Crippen LogP contribution in [0.2, 0.25) is 0 Å². The molecule has 1 saturated heterocycles. The summed E-state index contributed by atoms with van der Waals surface area (Å²) in [6.07, 6.45) is 4.12. The summed E-state index contributed by atoms with van der Waals surface area (Å²) in [7, 11) is 0. The summed E-state index contributed by atoms with van der Waals surface area (Å²) in [5.74, 6) is -0.0342. The van der Waals surface area contributed by atoms with Crippen LogP contribution in [0.5, 0.6) is 0 Å². The van der Waals surface area contributed by atoms with Gasteiger partial charge in [0.1, 0.15) is 11.2 Å². The van der Waals surface area contributed by atoms with E-state index >= 15 is 0 Å². The summed E-state index contributed by atoms with van der Waals surface area (Å²) in [6.45, 7) is 4.05. The summed E-state index contributed by atoms with van der Waals surface area (Å²) in [5.41, 5.74) is 7.73. The minimum absolute atomic E-state index is 0.0342. The van der Waals surface area contributed by atoms with Gasteiger partial charge in [0, 0.05) is 36.4 Å². The van der Waals surface area contributed by atoms with E-state index in [1.165, 1.54) is 19.3 Å². The quantitative estimate of drug-likeness (QED) is 0.533. The zero-order valence-corrected chi connectivity index (χ0v) is 16.0. The molecular weight excluding hydrogens is 354 g/mol. The van der Waals surface area contributed by atoms with Gasteiger partial charge in [-0.25, -0.2) is 0 Å². The van der Waals surface area contributed by atoms with E-state index in [9.17, 15) is 9.59 Å². The van der Waals surface area contributed by atoms with Gasteiger partial charge in [-0.1, -0.05) is 6.42 Å². The molecule has 1 aliphatic rings. The summed E-state index contributed by atoms with van der Waals surface area (Å²) in [5, 5.41) is 3.85. The number of nitrogen functional groups attached to an aromatic ring is 1. The van der Waals surface area contributed by atoms with Crippen LogP contribution in [0.1, 0.15) is 32.6 Å². The van der Waals surface area contributed by atoms with E-state index in [0.717, 1.165) is 13.1 Å². The number of nitrogens with zero attached hydrogens (tertiary/aromatic N) is 1. The Kier molecular flexibility index (Phi) is 5.05. The molecule has 1 aliphatic heterocycles. The lowest BCUT2D eigenvalue weighted by atomic mass is 10.0. The van der Waals surface area contributed by atoms with E-state index in [1.807, 2.05) is 0 Å². The number of nitrogens with two attached hydrogens (primary N) is 1. The minimum Gasteiger partial charge on any atom is -0.456 e. The Hall–Kier alpha value is -2.86. The number of nitrogens with one attached hydrogen (secondary N) is 1. The van der Waals surface area contributed by atoms with Crippen molar-refractivity contribution in [3.63, 3.8) is 0 Å². The van der Waals surface area contributed by atoms with E-state index < -0.39 is 0 Å². The Labute approximate surface area is 163 Å². The van der Waals surface area contributed by atoms with Crippen molar-refractivity contribution < 1.29 is 9.21 Å². The number of fused-ring (bicyclic) bond motifs is 2. The average molecular weight is 379 g/mol. The lowest BCUT2D eigenvalue weighted by Gasteiger charge is -2.33. The van der Waals surface area contributed by atoms with Gasteiger partial charge in [-0.15, -0.1) is 0 Å². The average Bonchev–Trinajstić information content (AvgIpc) is 2.68. The van der Waals surface area contributed by atoms with Crippen LogP contribution in [-0.2, 0) is 4.79 Å². The van der Waals surface area contributed by atoms with Crippen LogP contribution in [0, 0.1) is 0 Å². The number of hydrogen-bond acceptors (Lipinski definition) is 5. The Morgan fingerprint density at radius 3 is 2.86 bits per heavy atom. The van der Waals surface area contributed by atoms with Crippen molar-refractivity contribution in [2.75, 3.05) is 24.1 Å². The number of carbonyl (C=O) groups excluding carboxylic acids is 1. The number of piperidine rings is 1. The van der Waals surface area contributed by atoms with E-state index in [-0.39, 0.29) is 11.3 Å². The minimum atomic E-state index is -0.125. The van der Waals surface area contributed by atoms with Crippen molar-refractivity contribution in [2.45, 2.75) is 38.6 Å². The zero-order chi connectivity index (χ0) is 19.7. The monoisotopic (exact) mass is 379 g/mol. The van der Waals surface area contributed by atoms with Crippen molar-refractivity contribution in [1.29, 1.82) is 0 Å². The molecule has 1 fully saturated rings. The first-order chi connectivity index (χ1) is 13.5. The molecule has 6 nitrogen and oxygen atoms in total. The fourth-order valence-corrected chi connectivity index (χ4v) is 3.91. The second-order valence-corrected chi connectivity index (χ2v) is 7.58. The molecular formula is C22H25N3O3. The molecule has 0 aliphatic carbocycles. The van der Waals surface area contributed by atoms with E-state index in [0.29, 0.717) is 45.8 Å². The number of amides is 1. The van der Waals surface area contributed by atoms with Gasteiger partial charge in [-0.2, -0.15) is 0 Å². The van der Waals surface area contributed by atoms with Crippen LogP contribution >= 0.6 is 0 Å². The standard InChI is InChI=1S/C22H25N3O3/c1-14-4-2-3-10-25(14)11-9-21(26)24-16-6-7-17-20(13-16)28-19-8-5-15(23)12-18(19)22(17)27/h5-8,12-14H,2-4,9-11,23H2,1H3,(H,24,26). The number of hydrogen-bond donors (Lipinski definition) is 2. The highest BCUT2D eigenvalue weighted by Crippen LogP contribution is 2.23. The molecule has 28 heavy (non-hydrogen) atoms. The first kappa shape index (κ1) is 18.5. The van der Waals surface area contributed by atoms with Crippen LogP contribution in [0.15, 0.2) is 45.6 Å². The molecule has 1 aromatic heterocycles. The van der Waals surface area contributed by atoms with Crippen LogP contribution in [-0.4, -0.2) is 29.9 Å². The van der Waals surface area contributed by atoms with E-state index in [1.54, 1.807) is 36.4 Å². The Balaban J connectivity index is 1.51. The molecule has 6 heteroatoms. The maximum Gasteiger partial charge on any atom is 0.225 e. The van der Waals surface area contributed by atoms with Crippen molar-refractivity contribution >= 4 is 39.2 Å². The highest BCUT2D eigenvalue weighted by molar-refractivity contribution is 5.96. The molecule has 0 radical (unpaired) electrons. The third-order valence-corrected chi connectivity index (χ3v) is 5.54. The fourth-order valence-electron chi connectivity index (χ4n) is 3.91. The van der Waals surface area contributed by atoms with Crippen molar-refractivity contribution in [2.24, 2.45) is 0 Å². The second-order valence-electron chi connectivity index (χ2n) is 7.58. The molecule has 146 valence electrons. The lowest BCUT2D eigenvalue weighted by molar-refractivity contribution is -0.116. The first-order valence-electron chi connectivity index (χ1n) is 9.81. The van der Waals surface area contributed by atoms with Crippen LogP contribution < -0.4 is 16.5 Å². The first-order valence-corrected chi connectivity index (χ1v) is 9.81. The number of likely N-dealkylation sites (tertiary alicyclic amines) is 1. The molecule has 3 N–H and O–H groups in total. The third kappa shape index (κ3) is 3.73. The maximum absolute atomic E-state index is 12.7. The molecule has 4 rings (SSSR count). The van der Waals surface area contributed by atoms with Gasteiger partial charge < -0.3 is 20.4 Å². The van der Waals surface area contributed by atoms with Crippen molar-refractivity contribution in [1.82, 2.24) is 4.90 Å². The normalized spacial score (nSPS) is 17.8. The topological polar surface area (TPSA) is 88.6 Å². The van der Waals surface area contributed by atoms with Crippen LogP contribution in [0.3, 0.4) is 0 Å². The summed E-state index contributed by atoms with van der Waals surface area (Å²) < 4.78 is 5.86. The van der Waals surface area contributed by atoms with Gasteiger partial charge in [0.2, 0.25) is 11.3 Å². The Morgan fingerprint density at radius 1 is 1.18 bits per heavy atom. The summed E-state index contributed by atoms with van der Waals surface area (Å²) in [6, 6.07) is 10.7. The van der Waals surface area contributed by atoms with Gasteiger partial charge in [-0.3, -0.25) is 9.59 Å². The number of benzene rings is 2. The predicted molar refractivity (Wildman–Crippen MR) is 113 cm³/mol. The smallest absolute Gasteiger partial charge is 0.225 e. The van der Waals surface area contributed by atoms with Gasteiger partial charge in [0.05, 0.1) is 10.8 Å². The third-order valence-electron chi connectivity index (χ3n) is 5.54. The molecule has 0 spiro atoms. The molecule has 2 aromatic carbocycles. The van der Waals surface area contributed by atoms with Crippen molar-refractivity contribution in [3.05, 3.63) is 46.6 Å². The number of rotatable bonds is 4. The predicted octanol–water partition coefficient (Wildman–Crippen LogP) is 3.73. The molecule has 1 unspecified atom stereocenters. The second kappa shape index (κ2) is 7.64. The van der Waals surface area contributed by atoms with Gasteiger partial charge >= 0.3 is 0 Å². The van der Waals surface area contributed by atoms with Gasteiger partial charge in [0.25, 0.3) is 0 Å². The molecule has 0 bridgehead atoms. The SMILES string of the molecule is CC1CCCCN1CCC(=O)Nc1ccc2c(=O)c3cc(N)ccc3oc2c1. The highest BCUT2D eigenvalue weighted by atomic mass is 16.3.